The van der Waals surface area contributed by atoms with Crippen LogP contribution in [0.15, 0.2) is 46.5 Å². The number of fused-ring (bicyclic) bond motifs is 1. The van der Waals surface area contributed by atoms with Gasteiger partial charge in [-0.15, -0.1) is 0 Å². The summed E-state index contributed by atoms with van der Waals surface area (Å²) in [6.45, 7) is 1.96. The number of aryl methyl sites for hydroxylation is 1. The lowest BCUT2D eigenvalue weighted by molar-refractivity contribution is 0.393. The second kappa shape index (κ2) is 6.92. The molecule has 0 atom stereocenters. The molecule has 6 nitrogen and oxygen atoms in total. The van der Waals surface area contributed by atoms with Gasteiger partial charge in [-0.3, -0.25) is 4.40 Å². The van der Waals surface area contributed by atoms with Crippen LogP contribution in [-0.4, -0.2) is 28.6 Å². The Hall–Kier alpha value is -2.54. The topological polar surface area (TPSA) is 65.7 Å². The van der Waals surface area contributed by atoms with Gasteiger partial charge in [0.05, 0.1) is 14.2 Å². The van der Waals surface area contributed by atoms with Crippen LogP contribution in [0.4, 0.5) is 0 Å². The molecule has 0 amide bonds. The summed E-state index contributed by atoms with van der Waals surface area (Å²) in [5.74, 6) is 2.05. The highest BCUT2D eigenvalue weighted by Gasteiger charge is 2.07. The molecule has 0 saturated carbocycles. The molecule has 2 heterocycles. The smallest absolute Gasteiger partial charge is 0.355 e. The first kappa shape index (κ1) is 16.3. The fourth-order valence-corrected chi connectivity index (χ4v) is 3.02. The quantitative estimate of drug-likeness (QED) is 0.664. The Kier molecular flexibility index (Phi) is 4.71. The summed E-state index contributed by atoms with van der Waals surface area (Å²) < 4.78 is 12.0. The van der Waals surface area contributed by atoms with E-state index in [9.17, 15) is 4.79 Å². The molecule has 1 aromatic carbocycles. The molecule has 0 aliphatic heterocycles. The van der Waals surface area contributed by atoms with E-state index in [2.05, 4.69) is 9.97 Å². The van der Waals surface area contributed by atoms with Gasteiger partial charge in [0.2, 0.25) is 0 Å². The summed E-state index contributed by atoms with van der Waals surface area (Å²) in [4.78, 5) is 20.6. The Bertz CT molecular complexity index is 918. The zero-order chi connectivity index (χ0) is 17.1. The van der Waals surface area contributed by atoms with E-state index < -0.39 is 0 Å². The van der Waals surface area contributed by atoms with Gasteiger partial charge >= 0.3 is 5.69 Å². The number of rotatable bonds is 5. The third kappa shape index (κ3) is 3.51. The van der Waals surface area contributed by atoms with Crippen molar-refractivity contribution in [2.75, 3.05) is 14.2 Å². The van der Waals surface area contributed by atoms with E-state index in [1.165, 1.54) is 16.2 Å². The highest BCUT2D eigenvalue weighted by molar-refractivity contribution is 7.98. The van der Waals surface area contributed by atoms with E-state index >= 15 is 0 Å². The summed E-state index contributed by atoms with van der Waals surface area (Å²) in [6, 6.07) is 9.38. The van der Waals surface area contributed by atoms with Crippen LogP contribution in [0.1, 0.15) is 11.1 Å². The molecule has 0 aliphatic rings. The molecular formula is C17H17N3O3S. The molecule has 0 unspecified atom stereocenters. The maximum absolute atomic E-state index is 12.1. The summed E-state index contributed by atoms with van der Waals surface area (Å²) in [6.07, 6.45) is 1.69. The van der Waals surface area contributed by atoms with Gasteiger partial charge in [-0.2, -0.15) is 4.98 Å². The third-order valence-corrected chi connectivity index (χ3v) is 4.40. The predicted molar refractivity (Wildman–Crippen MR) is 93.1 cm³/mol. The first-order valence-corrected chi connectivity index (χ1v) is 8.29. The molecular weight excluding hydrogens is 326 g/mol. The van der Waals surface area contributed by atoms with Gasteiger partial charge in [-0.25, -0.2) is 9.78 Å². The van der Waals surface area contributed by atoms with Gasteiger partial charge in [-0.05, 0) is 42.3 Å². The molecule has 24 heavy (non-hydrogen) atoms. The molecule has 0 fully saturated rings. The number of nitrogens with zero attached hydrogens (tertiary/aromatic N) is 3. The Labute approximate surface area is 143 Å². The fourth-order valence-electron chi connectivity index (χ4n) is 2.26. The Morgan fingerprint density at radius 1 is 1.08 bits per heavy atom. The van der Waals surface area contributed by atoms with Crippen LogP contribution in [0.25, 0.3) is 5.65 Å². The van der Waals surface area contributed by atoms with Crippen LogP contribution in [0.5, 0.6) is 11.5 Å². The number of hydrogen-bond acceptors (Lipinski definition) is 6. The first-order chi connectivity index (χ1) is 11.6. The van der Waals surface area contributed by atoms with Crippen LogP contribution in [0, 0.1) is 6.92 Å². The molecule has 0 spiro atoms. The SMILES string of the molecule is COc1cc(CSc2nc(=O)n3ccc(C)cc3n2)cc(OC)c1. The minimum atomic E-state index is -0.328. The van der Waals surface area contributed by atoms with Gasteiger partial charge in [-0.1, -0.05) is 11.8 Å². The monoisotopic (exact) mass is 343 g/mol. The molecule has 124 valence electrons. The minimum Gasteiger partial charge on any atom is -0.497 e. The van der Waals surface area contributed by atoms with Gasteiger partial charge in [0.15, 0.2) is 5.16 Å². The van der Waals surface area contributed by atoms with E-state index in [1.54, 1.807) is 20.4 Å². The number of methoxy groups -OCH3 is 2. The first-order valence-electron chi connectivity index (χ1n) is 7.31. The zero-order valence-corrected chi connectivity index (χ0v) is 14.5. The van der Waals surface area contributed by atoms with Gasteiger partial charge < -0.3 is 9.47 Å². The van der Waals surface area contributed by atoms with Crippen LogP contribution in [0.3, 0.4) is 0 Å². The molecule has 7 heteroatoms. The second-order valence-electron chi connectivity index (χ2n) is 5.23. The lowest BCUT2D eigenvalue weighted by Gasteiger charge is -2.08. The van der Waals surface area contributed by atoms with Crippen LogP contribution >= 0.6 is 11.8 Å². The number of pyridine rings is 1. The van der Waals surface area contributed by atoms with Crippen molar-refractivity contribution < 1.29 is 9.47 Å². The molecule has 2 aromatic heterocycles. The predicted octanol–water partition coefficient (Wildman–Crippen LogP) is 2.71. The van der Waals surface area contributed by atoms with Crippen LogP contribution < -0.4 is 15.2 Å². The molecule has 0 aliphatic carbocycles. The van der Waals surface area contributed by atoms with Crippen molar-refractivity contribution in [2.24, 2.45) is 0 Å². The number of ether oxygens (including phenoxy) is 2. The molecule has 0 N–H and O–H groups in total. The number of hydrogen-bond donors (Lipinski definition) is 0. The molecule has 0 radical (unpaired) electrons. The maximum atomic E-state index is 12.1. The van der Waals surface area contributed by atoms with Crippen molar-refractivity contribution >= 4 is 17.4 Å². The molecule has 3 rings (SSSR count). The third-order valence-electron chi connectivity index (χ3n) is 3.48. The average molecular weight is 343 g/mol. The number of aromatic nitrogens is 3. The van der Waals surface area contributed by atoms with E-state index in [0.29, 0.717) is 16.6 Å². The Morgan fingerprint density at radius 2 is 1.79 bits per heavy atom. The van der Waals surface area contributed by atoms with Crippen molar-refractivity contribution in [2.45, 2.75) is 17.8 Å². The van der Waals surface area contributed by atoms with Crippen molar-refractivity contribution in [1.29, 1.82) is 0 Å². The van der Waals surface area contributed by atoms with Gasteiger partial charge in [0.1, 0.15) is 17.1 Å². The number of thioether (sulfide) groups is 1. The largest absolute Gasteiger partial charge is 0.497 e. The summed E-state index contributed by atoms with van der Waals surface area (Å²) in [5, 5.41) is 0.451. The number of benzene rings is 1. The highest BCUT2D eigenvalue weighted by atomic mass is 32.2. The lowest BCUT2D eigenvalue weighted by atomic mass is 10.2. The molecule has 0 saturated heterocycles. The summed E-state index contributed by atoms with van der Waals surface area (Å²) >= 11 is 1.40. The van der Waals surface area contributed by atoms with E-state index in [-0.39, 0.29) is 5.69 Å². The van der Waals surface area contributed by atoms with Crippen LogP contribution in [-0.2, 0) is 5.75 Å². The minimum absolute atomic E-state index is 0.328. The van der Waals surface area contributed by atoms with Gasteiger partial charge in [0.25, 0.3) is 0 Å². The van der Waals surface area contributed by atoms with E-state index in [1.807, 2.05) is 37.3 Å². The Morgan fingerprint density at radius 3 is 2.46 bits per heavy atom. The highest BCUT2D eigenvalue weighted by Crippen LogP contribution is 2.27. The van der Waals surface area contributed by atoms with Crippen molar-refractivity contribution in [3.63, 3.8) is 0 Å². The van der Waals surface area contributed by atoms with Crippen molar-refractivity contribution in [1.82, 2.24) is 14.4 Å². The van der Waals surface area contributed by atoms with E-state index in [4.69, 9.17) is 9.47 Å². The second-order valence-corrected chi connectivity index (χ2v) is 6.17. The summed E-state index contributed by atoms with van der Waals surface area (Å²) in [7, 11) is 3.23. The van der Waals surface area contributed by atoms with Crippen LogP contribution in [0.2, 0.25) is 0 Å². The fraction of sp³-hybridized carbons (Fsp3) is 0.235. The van der Waals surface area contributed by atoms with Crippen molar-refractivity contribution in [3.8, 4) is 11.5 Å². The maximum Gasteiger partial charge on any atom is 0.355 e. The van der Waals surface area contributed by atoms with E-state index in [0.717, 1.165) is 22.6 Å². The molecule has 0 bridgehead atoms. The Balaban J connectivity index is 1.87. The van der Waals surface area contributed by atoms with Crippen molar-refractivity contribution in [3.05, 3.63) is 58.1 Å². The average Bonchev–Trinajstić information content (AvgIpc) is 2.59. The lowest BCUT2D eigenvalue weighted by Crippen LogP contribution is -2.19. The van der Waals surface area contributed by atoms with Gasteiger partial charge in [0, 0.05) is 18.0 Å². The normalized spacial score (nSPS) is 10.8. The zero-order valence-electron chi connectivity index (χ0n) is 13.6. The summed E-state index contributed by atoms with van der Waals surface area (Å²) in [5.41, 5.74) is 2.32. The molecule has 3 aromatic rings. The standard InChI is InChI=1S/C17H17N3O3S/c1-11-4-5-20-15(6-11)18-16(19-17(20)21)24-10-12-7-13(22-2)9-14(8-12)23-3/h4-9H,10H2,1-3H3.